The first kappa shape index (κ1) is 15.3. The molecule has 2 nitrogen and oxygen atoms in total. The van der Waals surface area contributed by atoms with Crippen molar-refractivity contribution >= 4 is 0 Å². The van der Waals surface area contributed by atoms with E-state index in [0.717, 1.165) is 18.4 Å². The average Bonchev–Trinajstić information content (AvgIpc) is 2.61. The molecule has 1 saturated heterocycles. The topological polar surface area (TPSA) is 29.3 Å². The summed E-state index contributed by atoms with van der Waals surface area (Å²) in [6.07, 6.45) is 9.47. The Labute approximate surface area is 120 Å². The fourth-order valence-corrected chi connectivity index (χ4v) is 4.65. The molecular weight excluding hydrogens is 232 g/mol. The molecule has 19 heavy (non-hydrogen) atoms. The Hall–Kier alpha value is -0.0800. The molecule has 0 aromatic rings. The number of likely N-dealkylation sites (tertiary alicyclic amines) is 1. The van der Waals surface area contributed by atoms with E-state index in [1.807, 2.05) is 0 Å². The van der Waals surface area contributed by atoms with E-state index in [9.17, 15) is 0 Å². The zero-order valence-corrected chi connectivity index (χ0v) is 13.5. The highest BCUT2D eigenvalue weighted by Crippen LogP contribution is 2.43. The van der Waals surface area contributed by atoms with Crippen LogP contribution in [0.3, 0.4) is 0 Å². The summed E-state index contributed by atoms with van der Waals surface area (Å²) in [6.45, 7) is 11.7. The lowest BCUT2D eigenvalue weighted by Crippen LogP contribution is -2.58. The minimum absolute atomic E-state index is 0.295. The van der Waals surface area contributed by atoms with Gasteiger partial charge in [0.2, 0.25) is 0 Å². The van der Waals surface area contributed by atoms with Gasteiger partial charge >= 0.3 is 0 Å². The van der Waals surface area contributed by atoms with Crippen LogP contribution in [-0.4, -0.2) is 29.1 Å². The fourth-order valence-electron chi connectivity index (χ4n) is 4.65. The van der Waals surface area contributed by atoms with E-state index >= 15 is 0 Å². The van der Waals surface area contributed by atoms with Gasteiger partial charge in [-0.25, -0.2) is 0 Å². The normalized spacial score (nSPS) is 36.6. The van der Waals surface area contributed by atoms with E-state index in [2.05, 4.69) is 32.6 Å². The lowest BCUT2D eigenvalue weighted by atomic mass is 9.83. The van der Waals surface area contributed by atoms with Crippen LogP contribution < -0.4 is 5.73 Å². The molecular formula is C17H34N2. The molecule has 2 N–H and O–H groups in total. The van der Waals surface area contributed by atoms with Gasteiger partial charge in [0.05, 0.1) is 0 Å². The summed E-state index contributed by atoms with van der Waals surface area (Å²) in [5.74, 6) is 1.75. The molecule has 2 heteroatoms. The van der Waals surface area contributed by atoms with Gasteiger partial charge in [0.1, 0.15) is 0 Å². The monoisotopic (exact) mass is 266 g/mol. The van der Waals surface area contributed by atoms with Gasteiger partial charge in [-0.15, -0.1) is 0 Å². The highest BCUT2D eigenvalue weighted by atomic mass is 15.3. The number of nitrogens with zero attached hydrogens (tertiary/aromatic N) is 1. The predicted octanol–water partition coefficient (Wildman–Crippen LogP) is 3.79. The molecule has 0 aromatic heterocycles. The van der Waals surface area contributed by atoms with Gasteiger partial charge in [-0.3, -0.25) is 4.90 Å². The smallest absolute Gasteiger partial charge is 0.0337 e. The Morgan fingerprint density at radius 2 is 1.84 bits per heavy atom. The van der Waals surface area contributed by atoms with Crippen LogP contribution in [-0.2, 0) is 0 Å². The molecule has 2 fully saturated rings. The Balaban J connectivity index is 2.14. The van der Waals surface area contributed by atoms with E-state index in [1.54, 1.807) is 0 Å². The lowest BCUT2D eigenvalue weighted by molar-refractivity contribution is 0.0221. The number of hydrogen-bond acceptors (Lipinski definition) is 2. The van der Waals surface area contributed by atoms with Gasteiger partial charge in [0, 0.05) is 17.6 Å². The summed E-state index contributed by atoms with van der Waals surface area (Å²) in [7, 11) is 0. The predicted molar refractivity (Wildman–Crippen MR) is 83.2 cm³/mol. The maximum absolute atomic E-state index is 6.29. The van der Waals surface area contributed by atoms with Gasteiger partial charge < -0.3 is 5.73 Å². The summed E-state index contributed by atoms with van der Waals surface area (Å²) >= 11 is 0. The Kier molecular flexibility index (Phi) is 4.62. The van der Waals surface area contributed by atoms with Crippen LogP contribution in [0.25, 0.3) is 0 Å². The molecule has 1 heterocycles. The number of nitrogens with two attached hydrogens (primary N) is 1. The van der Waals surface area contributed by atoms with E-state index in [0.29, 0.717) is 11.1 Å². The van der Waals surface area contributed by atoms with Crippen molar-refractivity contribution < 1.29 is 0 Å². The second-order valence-electron chi connectivity index (χ2n) is 7.93. The molecule has 2 unspecified atom stereocenters. The third-order valence-electron chi connectivity index (χ3n) is 5.99. The SMILES string of the molecule is CC(C)C1CCCC(CN)(N2CCCC2(C)C)CC1. The van der Waals surface area contributed by atoms with Crippen molar-refractivity contribution in [2.75, 3.05) is 13.1 Å². The first-order valence-corrected chi connectivity index (χ1v) is 8.39. The van der Waals surface area contributed by atoms with Gasteiger partial charge in [-0.2, -0.15) is 0 Å². The average molecular weight is 266 g/mol. The maximum atomic E-state index is 6.29. The minimum Gasteiger partial charge on any atom is -0.329 e. The molecule has 1 saturated carbocycles. The zero-order chi connectivity index (χ0) is 14.1. The maximum Gasteiger partial charge on any atom is 0.0337 e. The van der Waals surface area contributed by atoms with Crippen molar-refractivity contribution in [1.29, 1.82) is 0 Å². The molecule has 2 rings (SSSR count). The molecule has 0 bridgehead atoms. The third kappa shape index (κ3) is 3.00. The summed E-state index contributed by atoms with van der Waals surface area (Å²) < 4.78 is 0. The summed E-state index contributed by atoms with van der Waals surface area (Å²) in [5, 5.41) is 0. The Morgan fingerprint density at radius 3 is 2.37 bits per heavy atom. The van der Waals surface area contributed by atoms with Crippen LogP contribution in [0.4, 0.5) is 0 Å². The zero-order valence-electron chi connectivity index (χ0n) is 13.5. The lowest BCUT2D eigenvalue weighted by Gasteiger charge is -2.48. The van der Waals surface area contributed by atoms with Crippen molar-refractivity contribution in [3.05, 3.63) is 0 Å². The van der Waals surface area contributed by atoms with Crippen LogP contribution in [0, 0.1) is 11.8 Å². The first-order valence-electron chi connectivity index (χ1n) is 8.39. The Bertz CT molecular complexity index is 298. The van der Waals surface area contributed by atoms with Crippen LogP contribution in [0.1, 0.15) is 72.6 Å². The first-order chi connectivity index (χ1) is 8.91. The van der Waals surface area contributed by atoms with E-state index < -0.39 is 0 Å². The highest BCUT2D eigenvalue weighted by molar-refractivity contribution is 5.03. The molecule has 0 radical (unpaired) electrons. The van der Waals surface area contributed by atoms with Gasteiger partial charge in [-0.05, 0) is 64.3 Å². The second kappa shape index (κ2) is 5.73. The fraction of sp³-hybridized carbons (Fsp3) is 1.00. The number of hydrogen-bond donors (Lipinski definition) is 1. The summed E-state index contributed by atoms with van der Waals surface area (Å²) in [5.41, 5.74) is 6.94. The molecule has 112 valence electrons. The van der Waals surface area contributed by atoms with Crippen LogP contribution in [0.15, 0.2) is 0 Å². The quantitative estimate of drug-likeness (QED) is 0.787. The van der Waals surface area contributed by atoms with Crippen molar-refractivity contribution in [3.8, 4) is 0 Å². The second-order valence-corrected chi connectivity index (χ2v) is 7.93. The Morgan fingerprint density at radius 1 is 1.11 bits per heavy atom. The van der Waals surface area contributed by atoms with Crippen molar-refractivity contribution in [1.82, 2.24) is 4.90 Å². The summed E-state index contributed by atoms with van der Waals surface area (Å²) in [4.78, 5) is 2.78. The summed E-state index contributed by atoms with van der Waals surface area (Å²) in [6, 6.07) is 0. The molecule has 1 aliphatic carbocycles. The molecule has 0 spiro atoms. The van der Waals surface area contributed by atoms with E-state index in [-0.39, 0.29) is 0 Å². The van der Waals surface area contributed by atoms with Crippen molar-refractivity contribution in [2.24, 2.45) is 17.6 Å². The molecule has 0 aromatic carbocycles. The van der Waals surface area contributed by atoms with E-state index in [1.165, 1.54) is 51.5 Å². The molecule has 1 aliphatic heterocycles. The number of rotatable bonds is 3. The van der Waals surface area contributed by atoms with Crippen LogP contribution in [0.2, 0.25) is 0 Å². The van der Waals surface area contributed by atoms with Gasteiger partial charge in [0.15, 0.2) is 0 Å². The minimum atomic E-state index is 0.295. The van der Waals surface area contributed by atoms with Crippen molar-refractivity contribution in [2.45, 2.75) is 83.7 Å². The van der Waals surface area contributed by atoms with Gasteiger partial charge in [-0.1, -0.05) is 26.7 Å². The van der Waals surface area contributed by atoms with Crippen molar-refractivity contribution in [3.63, 3.8) is 0 Å². The molecule has 2 atom stereocenters. The van der Waals surface area contributed by atoms with Gasteiger partial charge in [0.25, 0.3) is 0 Å². The molecule has 0 amide bonds. The largest absolute Gasteiger partial charge is 0.329 e. The van der Waals surface area contributed by atoms with Crippen LogP contribution in [0.5, 0.6) is 0 Å². The highest BCUT2D eigenvalue weighted by Gasteiger charge is 2.46. The standard InChI is InChI=1S/C17H34N2/c1-14(2)15-7-5-10-17(13-18,11-8-15)19-12-6-9-16(19,3)4/h14-15H,5-13,18H2,1-4H3. The van der Waals surface area contributed by atoms with Crippen LogP contribution >= 0.6 is 0 Å². The third-order valence-corrected chi connectivity index (χ3v) is 5.99. The molecule has 2 aliphatic rings. The van der Waals surface area contributed by atoms with E-state index in [4.69, 9.17) is 5.73 Å².